The van der Waals surface area contributed by atoms with Crippen LogP contribution in [-0.4, -0.2) is 47.3 Å². The van der Waals surface area contributed by atoms with Crippen LogP contribution in [0, 0.1) is 19.3 Å². The normalized spacial score (nSPS) is 21.2. The highest BCUT2D eigenvalue weighted by Gasteiger charge is 2.31. The first-order valence-corrected chi connectivity index (χ1v) is 9.35. The zero-order chi connectivity index (χ0) is 17.7. The van der Waals surface area contributed by atoms with Gasteiger partial charge in [-0.3, -0.25) is 9.67 Å². The van der Waals surface area contributed by atoms with Gasteiger partial charge in [-0.05, 0) is 50.5 Å². The number of rotatable bonds is 5. The second kappa shape index (κ2) is 9.78. The maximum Gasteiger partial charge on any atom is 0.193 e. The monoisotopic (exact) mass is 461 g/mol. The molecule has 0 spiro atoms. The molecule has 1 aromatic heterocycles. The third-order valence-electron chi connectivity index (χ3n) is 5.46. The molecule has 0 bridgehead atoms. The molecule has 0 radical (unpaired) electrons. The second-order valence-electron chi connectivity index (χ2n) is 7.58. The fourth-order valence-corrected chi connectivity index (χ4v) is 4.11. The van der Waals surface area contributed by atoms with Crippen molar-refractivity contribution in [2.45, 2.75) is 59.8 Å². The number of hydrogen-bond donors (Lipinski definition) is 1. The lowest BCUT2D eigenvalue weighted by Crippen LogP contribution is -2.50. The first-order chi connectivity index (χ1) is 11.4. The van der Waals surface area contributed by atoms with E-state index in [-0.39, 0.29) is 24.0 Å². The van der Waals surface area contributed by atoms with Gasteiger partial charge < -0.3 is 10.2 Å². The fraction of sp³-hybridized carbons (Fsp3) is 0.789. The van der Waals surface area contributed by atoms with E-state index in [9.17, 15) is 0 Å². The van der Waals surface area contributed by atoms with Crippen molar-refractivity contribution in [3.8, 4) is 0 Å². The number of likely N-dealkylation sites (tertiary alicyclic amines) is 1. The Morgan fingerprint density at radius 1 is 1.36 bits per heavy atom. The van der Waals surface area contributed by atoms with Gasteiger partial charge in [-0.25, -0.2) is 0 Å². The third-order valence-corrected chi connectivity index (χ3v) is 5.46. The summed E-state index contributed by atoms with van der Waals surface area (Å²) in [5, 5.41) is 8.08. The number of aliphatic imine (C=N–C) groups is 1. The highest BCUT2D eigenvalue weighted by Crippen LogP contribution is 2.33. The SMILES string of the molecule is CCCC1(C)CCCN(C(=NC)NCCc2c(C)nn(C)c2C)C1.I. The Balaban J connectivity index is 0.00000312. The minimum absolute atomic E-state index is 0. The topological polar surface area (TPSA) is 45.4 Å². The van der Waals surface area contributed by atoms with Crippen molar-refractivity contribution in [2.75, 3.05) is 26.7 Å². The Labute approximate surface area is 170 Å². The number of nitrogens with one attached hydrogen (secondary N) is 1. The van der Waals surface area contributed by atoms with Crippen molar-refractivity contribution in [2.24, 2.45) is 17.5 Å². The van der Waals surface area contributed by atoms with Crippen molar-refractivity contribution >= 4 is 29.9 Å². The van der Waals surface area contributed by atoms with Crippen LogP contribution in [0.2, 0.25) is 0 Å². The molecule has 2 heterocycles. The molecule has 1 saturated heterocycles. The predicted molar refractivity (Wildman–Crippen MR) is 117 cm³/mol. The molecule has 1 aliphatic heterocycles. The average Bonchev–Trinajstić information content (AvgIpc) is 2.77. The number of guanidine groups is 1. The summed E-state index contributed by atoms with van der Waals surface area (Å²) in [7, 11) is 3.91. The molecule has 1 atom stereocenters. The largest absolute Gasteiger partial charge is 0.356 e. The molecule has 1 N–H and O–H groups in total. The molecule has 144 valence electrons. The maximum atomic E-state index is 4.53. The van der Waals surface area contributed by atoms with Gasteiger partial charge >= 0.3 is 0 Å². The highest BCUT2D eigenvalue weighted by molar-refractivity contribution is 14.0. The Morgan fingerprint density at radius 2 is 2.08 bits per heavy atom. The van der Waals surface area contributed by atoms with Crippen molar-refractivity contribution in [3.05, 3.63) is 17.0 Å². The summed E-state index contributed by atoms with van der Waals surface area (Å²) >= 11 is 0. The minimum atomic E-state index is 0. The van der Waals surface area contributed by atoms with Gasteiger partial charge in [0.05, 0.1) is 5.69 Å². The number of aromatic nitrogens is 2. The maximum absolute atomic E-state index is 4.53. The molecule has 5 nitrogen and oxygen atoms in total. The van der Waals surface area contributed by atoms with E-state index in [4.69, 9.17) is 0 Å². The van der Waals surface area contributed by atoms with Gasteiger partial charge in [-0.15, -0.1) is 24.0 Å². The van der Waals surface area contributed by atoms with Crippen LogP contribution in [0.1, 0.15) is 56.5 Å². The summed E-state index contributed by atoms with van der Waals surface area (Å²) in [5.41, 5.74) is 4.19. The van der Waals surface area contributed by atoms with Crippen LogP contribution in [0.25, 0.3) is 0 Å². The van der Waals surface area contributed by atoms with Crippen LogP contribution in [0.5, 0.6) is 0 Å². The molecule has 1 aromatic rings. The number of hydrogen-bond acceptors (Lipinski definition) is 2. The van der Waals surface area contributed by atoms with Crippen molar-refractivity contribution in [3.63, 3.8) is 0 Å². The van der Waals surface area contributed by atoms with E-state index in [0.29, 0.717) is 5.41 Å². The van der Waals surface area contributed by atoms with Gasteiger partial charge in [0, 0.05) is 39.4 Å². The van der Waals surface area contributed by atoms with Gasteiger partial charge in [0.25, 0.3) is 0 Å². The molecule has 25 heavy (non-hydrogen) atoms. The lowest BCUT2D eigenvalue weighted by Gasteiger charge is -2.42. The quantitative estimate of drug-likeness (QED) is 0.414. The highest BCUT2D eigenvalue weighted by atomic mass is 127. The van der Waals surface area contributed by atoms with E-state index in [1.807, 2.05) is 18.8 Å². The van der Waals surface area contributed by atoms with Crippen LogP contribution >= 0.6 is 24.0 Å². The Kier molecular flexibility index (Phi) is 8.71. The van der Waals surface area contributed by atoms with Gasteiger partial charge in [-0.1, -0.05) is 20.3 Å². The smallest absolute Gasteiger partial charge is 0.193 e. The first kappa shape index (κ1) is 22.3. The molecule has 1 unspecified atom stereocenters. The van der Waals surface area contributed by atoms with Crippen molar-refractivity contribution in [1.82, 2.24) is 20.0 Å². The second-order valence-corrected chi connectivity index (χ2v) is 7.58. The molecule has 2 rings (SSSR count). The van der Waals surface area contributed by atoms with Gasteiger partial charge in [0.2, 0.25) is 0 Å². The van der Waals surface area contributed by atoms with E-state index < -0.39 is 0 Å². The Hall–Kier alpha value is -0.790. The minimum Gasteiger partial charge on any atom is -0.356 e. The van der Waals surface area contributed by atoms with Crippen LogP contribution < -0.4 is 5.32 Å². The molecule has 1 fully saturated rings. The summed E-state index contributed by atoms with van der Waals surface area (Å²) in [6.45, 7) is 12.1. The Morgan fingerprint density at radius 3 is 2.64 bits per heavy atom. The van der Waals surface area contributed by atoms with Crippen LogP contribution in [-0.2, 0) is 13.5 Å². The average molecular weight is 461 g/mol. The van der Waals surface area contributed by atoms with Crippen molar-refractivity contribution < 1.29 is 0 Å². The number of halogens is 1. The van der Waals surface area contributed by atoms with Crippen LogP contribution in [0.4, 0.5) is 0 Å². The number of piperidine rings is 1. The zero-order valence-corrected chi connectivity index (χ0v) is 19.2. The van der Waals surface area contributed by atoms with Gasteiger partial charge in [0.15, 0.2) is 5.96 Å². The lowest BCUT2D eigenvalue weighted by molar-refractivity contribution is 0.142. The van der Waals surface area contributed by atoms with Gasteiger partial charge in [0.1, 0.15) is 0 Å². The molecular formula is C19H36IN5. The van der Waals surface area contributed by atoms with Crippen LogP contribution in [0.15, 0.2) is 4.99 Å². The molecule has 0 aliphatic carbocycles. The summed E-state index contributed by atoms with van der Waals surface area (Å²) in [5.74, 6) is 1.05. The summed E-state index contributed by atoms with van der Waals surface area (Å²) in [4.78, 5) is 6.98. The molecule has 0 amide bonds. The molecule has 1 aliphatic rings. The zero-order valence-electron chi connectivity index (χ0n) is 16.9. The van der Waals surface area contributed by atoms with Gasteiger partial charge in [-0.2, -0.15) is 5.10 Å². The number of aryl methyl sites for hydroxylation is 2. The molecule has 0 aromatic carbocycles. The van der Waals surface area contributed by atoms with E-state index in [1.165, 1.54) is 36.9 Å². The standard InChI is InChI=1S/C19H35N5.HI/c1-7-10-19(4)11-8-13-24(14-19)18(20-5)21-12-9-17-15(2)22-23(6)16(17)3;/h7-14H2,1-6H3,(H,20,21);1H. The fourth-order valence-electron chi connectivity index (χ4n) is 4.11. The Bertz CT molecular complexity index is 577. The van der Waals surface area contributed by atoms with E-state index in [0.717, 1.165) is 37.7 Å². The molecule has 0 saturated carbocycles. The van der Waals surface area contributed by atoms with E-state index >= 15 is 0 Å². The number of nitrogens with zero attached hydrogens (tertiary/aromatic N) is 4. The first-order valence-electron chi connectivity index (χ1n) is 9.35. The lowest BCUT2D eigenvalue weighted by atomic mass is 9.78. The summed E-state index contributed by atoms with van der Waals surface area (Å²) in [6, 6.07) is 0. The van der Waals surface area contributed by atoms with Crippen molar-refractivity contribution in [1.29, 1.82) is 0 Å². The molecular weight excluding hydrogens is 425 g/mol. The summed E-state index contributed by atoms with van der Waals surface area (Å²) < 4.78 is 1.97. The third kappa shape index (κ3) is 5.59. The van der Waals surface area contributed by atoms with E-state index in [2.05, 4.69) is 48.0 Å². The van der Waals surface area contributed by atoms with E-state index in [1.54, 1.807) is 0 Å². The molecule has 6 heteroatoms. The van der Waals surface area contributed by atoms with Crippen LogP contribution in [0.3, 0.4) is 0 Å². The predicted octanol–water partition coefficient (Wildman–Crippen LogP) is 3.68. The summed E-state index contributed by atoms with van der Waals surface area (Å²) in [6.07, 6.45) is 6.15.